The van der Waals surface area contributed by atoms with Crippen LogP contribution in [0.4, 0.5) is 0 Å². The number of hydrogen-bond donors (Lipinski definition) is 1. The second kappa shape index (κ2) is 9.82. The summed E-state index contributed by atoms with van der Waals surface area (Å²) in [6.07, 6.45) is 1.60. The number of benzene rings is 2. The number of methoxy groups -OCH3 is 2. The summed E-state index contributed by atoms with van der Waals surface area (Å²) in [6.45, 7) is 0.794. The van der Waals surface area contributed by atoms with Gasteiger partial charge in [0.1, 0.15) is 11.1 Å². The van der Waals surface area contributed by atoms with E-state index in [0.717, 1.165) is 16.9 Å². The predicted molar refractivity (Wildman–Crippen MR) is 122 cm³/mol. The fourth-order valence-electron chi connectivity index (χ4n) is 3.55. The lowest BCUT2D eigenvalue weighted by Crippen LogP contribution is -2.27. The van der Waals surface area contributed by atoms with Gasteiger partial charge >= 0.3 is 0 Å². The van der Waals surface area contributed by atoms with Crippen molar-refractivity contribution in [2.24, 2.45) is 0 Å². The van der Waals surface area contributed by atoms with Gasteiger partial charge in [-0.05, 0) is 47.5 Å². The third-order valence-corrected chi connectivity index (χ3v) is 6.49. The minimum Gasteiger partial charge on any atom is -0.493 e. The summed E-state index contributed by atoms with van der Waals surface area (Å²) in [7, 11) is 3.16. The Labute approximate surface area is 190 Å². The normalized spacial score (nSPS) is 15.6. The van der Waals surface area contributed by atoms with Gasteiger partial charge in [-0.1, -0.05) is 18.2 Å². The summed E-state index contributed by atoms with van der Waals surface area (Å²) in [5.74, 6) is 2.34. The smallest absolute Gasteiger partial charge is 0.251 e. The summed E-state index contributed by atoms with van der Waals surface area (Å²) in [5.41, 5.74) is 2.44. The van der Waals surface area contributed by atoms with E-state index in [1.165, 1.54) is 0 Å². The van der Waals surface area contributed by atoms with Crippen LogP contribution in [0, 0.1) is 0 Å². The first-order chi connectivity index (χ1) is 15.6. The van der Waals surface area contributed by atoms with Crippen molar-refractivity contribution in [1.82, 2.24) is 10.2 Å². The van der Waals surface area contributed by atoms with Crippen LogP contribution in [0.2, 0.25) is 0 Å². The minimum absolute atomic E-state index is 0.0770. The monoisotopic (exact) mass is 452 g/mol. The summed E-state index contributed by atoms with van der Waals surface area (Å²) in [4.78, 5) is 26.8. The Balaban J connectivity index is 1.39. The van der Waals surface area contributed by atoms with E-state index in [1.807, 2.05) is 42.5 Å². The van der Waals surface area contributed by atoms with Crippen molar-refractivity contribution in [3.8, 4) is 11.5 Å². The first kappa shape index (κ1) is 21.8. The molecular formula is C24H24N2O5S. The maximum Gasteiger partial charge on any atom is 0.251 e. The second-order valence-electron chi connectivity index (χ2n) is 7.26. The number of hydrogen-bond acceptors (Lipinski definition) is 6. The Morgan fingerprint density at radius 3 is 2.59 bits per heavy atom. The summed E-state index contributed by atoms with van der Waals surface area (Å²) >= 11 is 1.57. The van der Waals surface area contributed by atoms with Crippen LogP contribution in [-0.2, 0) is 17.9 Å². The summed E-state index contributed by atoms with van der Waals surface area (Å²) in [6, 6.07) is 16.6. The number of nitrogens with one attached hydrogen (secondary N) is 1. The number of amides is 2. The number of thioether (sulfide) groups is 1. The van der Waals surface area contributed by atoms with Crippen LogP contribution in [0.15, 0.2) is 65.3 Å². The lowest BCUT2D eigenvalue weighted by Gasteiger charge is -2.23. The number of carbonyl (C=O) groups is 2. The van der Waals surface area contributed by atoms with E-state index in [1.54, 1.807) is 49.3 Å². The molecule has 2 aromatic carbocycles. The molecule has 0 radical (unpaired) electrons. The van der Waals surface area contributed by atoms with Crippen molar-refractivity contribution in [1.29, 1.82) is 0 Å². The Kier molecular flexibility index (Phi) is 6.70. The van der Waals surface area contributed by atoms with Gasteiger partial charge in [-0.2, -0.15) is 0 Å². The van der Waals surface area contributed by atoms with Crippen molar-refractivity contribution < 1.29 is 23.5 Å². The van der Waals surface area contributed by atoms with Crippen LogP contribution in [0.1, 0.15) is 32.6 Å². The van der Waals surface area contributed by atoms with Crippen molar-refractivity contribution in [3.05, 3.63) is 83.3 Å². The van der Waals surface area contributed by atoms with Crippen LogP contribution in [0.25, 0.3) is 0 Å². The number of furan rings is 1. The number of nitrogens with zero attached hydrogens (tertiary/aromatic N) is 1. The van der Waals surface area contributed by atoms with Gasteiger partial charge < -0.3 is 24.1 Å². The molecule has 7 nitrogen and oxygen atoms in total. The van der Waals surface area contributed by atoms with Crippen molar-refractivity contribution in [3.63, 3.8) is 0 Å². The first-order valence-electron chi connectivity index (χ1n) is 10.1. The lowest BCUT2D eigenvalue weighted by molar-refractivity contribution is -0.128. The lowest BCUT2D eigenvalue weighted by atomic mass is 10.1. The van der Waals surface area contributed by atoms with Gasteiger partial charge in [0.2, 0.25) is 5.91 Å². The average Bonchev–Trinajstić information content (AvgIpc) is 3.47. The molecule has 4 rings (SSSR count). The number of carbonyl (C=O) groups excluding carboxylic acids is 2. The Bertz CT molecular complexity index is 1080. The Hall–Kier alpha value is -3.39. The van der Waals surface area contributed by atoms with Gasteiger partial charge in [0, 0.05) is 12.1 Å². The van der Waals surface area contributed by atoms with Gasteiger partial charge in [0.05, 0.1) is 32.8 Å². The second-order valence-corrected chi connectivity index (χ2v) is 8.33. The van der Waals surface area contributed by atoms with E-state index in [-0.39, 0.29) is 17.2 Å². The highest BCUT2D eigenvalue weighted by Gasteiger charge is 2.33. The zero-order valence-corrected chi connectivity index (χ0v) is 18.7. The average molecular weight is 453 g/mol. The first-order valence-corrected chi connectivity index (χ1v) is 11.2. The summed E-state index contributed by atoms with van der Waals surface area (Å²) in [5, 5.41) is 2.82. The fourth-order valence-corrected chi connectivity index (χ4v) is 4.73. The molecule has 1 aromatic heterocycles. The molecule has 1 fully saturated rings. The number of ether oxygens (including phenoxy) is 2. The Morgan fingerprint density at radius 1 is 1.12 bits per heavy atom. The van der Waals surface area contributed by atoms with Crippen LogP contribution in [-0.4, -0.2) is 36.7 Å². The SMILES string of the molecule is COc1ccc(CNC(=O)c2ccc([C@@H]3SCC(=O)N3Cc3ccco3)cc2)cc1OC. The molecule has 1 saturated heterocycles. The third-order valence-electron chi connectivity index (χ3n) is 5.23. The highest BCUT2D eigenvalue weighted by Crippen LogP contribution is 2.39. The van der Waals surface area contributed by atoms with E-state index in [0.29, 0.717) is 35.9 Å². The highest BCUT2D eigenvalue weighted by molar-refractivity contribution is 8.00. The van der Waals surface area contributed by atoms with E-state index >= 15 is 0 Å². The molecular weight excluding hydrogens is 428 g/mol. The molecule has 1 aliphatic rings. The molecule has 8 heteroatoms. The molecule has 32 heavy (non-hydrogen) atoms. The van der Waals surface area contributed by atoms with Gasteiger partial charge in [0.25, 0.3) is 5.91 Å². The molecule has 0 unspecified atom stereocenters. The molecule has 3 aromatic rings. The standard InChI is InChI=1S/C24H24N2O5S/c1-29-20-10-5-16(12-21(20)30-2)13-25-23(28)17-6-8-18(9-7-17)24-26(22(27)15-32-24)14-19-4-3-11-31-19/h3-12,24H,13-15H2,1-2H3,(H,25,28)/t24-/m0/s1. The van der Waals surface area contributed by atoms with Gasteiger partial charge in [-0.3, -0.25) is 9.59 Å². The molecule has 0 spiro atoms. The van der Waals surface area contributed by atoms with E-state index in [9.17, 15) is 9.59 Å². The van der Waals surface area contributed by atoms with Crippen molar-refractivity contribution in [2.75, 3.05) is 20.0 Å². The molecule has 2 amide bonds. The molecule has 0 bridgehead atoms. The highest BCUT2D eigenvalue weighted by atomic mass is 32.2. The van der Waals surface area contributed by atoms with Gasteiger partial charge in [-0.15, -0.1) is 11.8 Å². The van der Waals surface area contributed by atoms with Crippen molar-refractivity contribution in [2.45, 2.75) is 18.5 Å². The zero-order valence-electron chi connectivity index (χ0n) is 17.9. The molecule has 0 saturated carbocycles. The molecule has 2 heterocycles. The molecule has 0 aliphatic carbocycles. The predicted octanol–water partition coefficient (Wildman–Crippen LogP) is 4.00. The molecule has 1 atom stereocenters. The fraction of sp³-hybridized carbons (Fsp3) is 0.250. The summed E-state index contributed by atoms with van der Waals surface area (Å²) < 4.78 is 15.9. The van der Waals surface area contributed by atoms with E-state index < -0.39 is 0 Å². The minimum atomic E-state index is -0.172. The quantitative estimate of drug-likeness (QED) is 0.556. The topological polar surface area (TPSA) is 81.0 Å². The molecule has 1 N–H and O–H groups in total. The van der Waals surface area contributed by atoms with Gasteiger partial charge in [-0.25, -0.2) is 0 Å². The maximum absolute atomic E-state index is 12.6. The van der Waals surface area contributed by atoms with Crippen LogP contribution >= 0.6 is 11.8 Å². The third kappa shape index (κ3) is 4.75. The zero-order chi connectivity index (χ0) is 22.5. The van der Waals surface area contributed by atoms with Crippen molar-refractivity contribution >= 4 is 23.6 Å². The largest absolute Gasteiger partial charge is 0.493 e. The van der Waals surface area contributed by atoms with E-state index in [2.05, 4.69) is 5.32 Å². The number of rotatable bonds is 8. The Morgan fingerprint density at radius 2 is 1.91 bits per heavy atom. The maximum atomic E-state index is 12.6. The van der Waals surface area contributed by atoms with Gasteiger partial charge in [0.15, 0.2) is 11.5 Å². The van der Waals surface area contributed by atoms with Crippen LogP contribution in [0.3, 0.4) is 0 Å². The van der Waals surface area contributed by atoms with Crippen LogP contribution < -0.4 is 14.8 Å². The van der Waals surface area contributed by atoms with Crippen LogP contribution in [0.5, 0.6) is 11.5 Å². The molecule has 1 aliphatic heterocycles. The van der Waals surface area contributed by atoms with E-state index in [4.69, 9.17) is 13.9 Å². The molecule has 166 valence electrons.